The second-order valence-corrected chi connectivity index (χ2v) is 5.00. The molecule has 5 heteroatoms. The fourth-order valence-corrected chi connectivity index (χ4v) is 2.53. The lowest BCUT2D eigenvalue weighted by Gasteiger charge is -2.33. The number of aliphatic carboxylic acids is 1. The number of piperazine rings is 1. The number of nitrogens with one attached hydrogen (secondary N) is 1. The number of nitrogens with zero attached hydrogens (tertiary/aromatic N) is 2. The molecule has 0 aliphatic carbocycles. The van der Waals surface area contributed by atoms with Crippen molar-refractivity contribution in [2.45, 2.75) is 12.5 Å². The van der Waals surface area contributed by atoms with Gasteiger partial charge in [0.25, 0.3) is 0 Å². The number of carboxylic acid groups (broad SMARTS) is 1. The van der Waals surface area contributed by atoms with Gasteiger partial charge < -0.3 is 20.2 Å². The van der Waals surface area contributed by atoms with Crippen LogP contribution in [0.5, 0.6) is 0 Å². The summed E-state index contributed by atoms with van der Waals surface area (Å²) in [6.45, 7) is 6.38. The van der Waals surface area contributed by atoms with E-state index < -0.39 is 5.97 Å². The molecule has 2 unspecified atom stereocenters. The summed E-state index contributed by atoms with van der Waals surface area (Å²) in [5, 5.41) is 12.0. The average molecular weight is 227 g/mol. The predicted molar refractivity (Wildman–Crippen MR) is 61.5 cm³/mol. The number of hydrogen-bond acceptors (Lipinski definition) is 4. The van der Waals surface area contributed by atoms with Gasteiger partial charge in [0.1, 0.15) is 6.04 Å². The molecule has 2 aliphatic rings. The summed E-state index contributed by atoms with van der Waals surface area (Å²) in [4.78, 5) is 15.6. The minimum atomic E-state index is -0.708. The zero-order valence-electron chi connectivity index (χ0n) is 9.85. The van der Waals surface area contributed by atoms with Gasteiger partial charge in [0.2, 0.25) is 0 Å². The molecule has 2 aliphatic heterocycles. The second kappa shape index (κ2) is 5.12. The number of likely N-dealkylation sites (N-methyl/N-ethyl adjacent to an activating group) is 1. The lowest BCUT2D eigenvalue weighted by molar-refractivity contribution is -0.139. The van der Waals surface area contributed by atoms with E-state index in [0.717, 1.165) is 45.7 Å². The van der Waals surface area contributed by atoms with Crippen molar-refractivity contribution >= 4 is 5.97 Å². The second-order valence-electron chi connectivity index (χ2n) is 5.00. The van der Waals surface area contributed by atoms with E-state index in [2.05, 4.69) is 22.2 Å². The number of carboxylic acids is 1. The Balaban J connectivity index is 1.73. The van der Waals surface area contributed by atoms with Crippen LogP contribution in [0.1, 0.15) is 6.42 Å². The van der Waals surface area contributed by atoms with Crippen molar-refractivity contribution in [2.75, 3.05) is 46.3 Å². The molecule has 2 atom stereocenters. The van der Waals surface area contributed by atoms with Crippen LogP contribution >= 0.6 is 0 Å². The van der Waals surface area contributed by atoms with Crippen LogP contribution in [0.15, 0.2) is 0 Å². The van der Waals surface area contributed by atoms with Crippen LogP contribution in [0.4, 0.5) is 0 Å². The lowest BCUT2D eigenvalue weighted by Crippen LogP contribution is -2.46. The topological polar surface area (TPSA) is 55.8 Å². The minimum absolute atomic E-state index is 0.322. The van der Waals surface area contributed by atoms with E-state index in [1.165, 1.54) is 0 Å². The molecule has 0 bridgehead atoms. The normalized spacial score (nSPS) is 33.1. The van der Waals surface area contributed by atoms with Crippen molar-refractivity contribution in [3.8, 4) is 0 Å². The largest absolute Gasteiger partial charge is 0.480 e. The van der Waals surface area contributed by atoms with E-state index in [9.17, 15) is 4.79 Å². The highest BCUT2D eigenvalue weighted by Gasteiger charge is 2.30. The third-order valence-corrected chi connectivity index (χ3v) is 3.63. The van der Waals surface area contributed by atoms with Crippen molar-refractivity contribution in [2.24, 2.45) is 5.92 Å². The summed E-state index contributed by atoms with van der Waals surface area (Å²) in [7, 11) is 2.15. The van der Waals surface area contributed by atoms with Gasteiger partial charge in [-0.25, -0.2) is 0 Å². The molecule has 0 amide bonds. The summed E-state index contributed by atoms with van der Waals surface area (Å²) in [6.07, 6.45) is 0.779. The molecule has 0 saturated carbocycles. The van der Waals surface area contributed by atoms with Gasteiger partial charge in [0, 0.05) is 39.3 Å². The summed E-state index contributed by atoms with van der Waals surface area (Å²) in [5.74, 6) is -0.203. The maximum atomic E-state index is 10.8. The number of rotatable bonds is 3. The minimum Gasteiger partial charge on any atom is -0.480 e. The number of hydrogen-bond donors (Lipinski definition) is 2. The SMILES string of the molecule is CN1CCN(CC2CNC(C(=O)O)C2)CC1. The highest BCUT2D eigenvalue weighted by molar-refractivity contribution is 5.73. The fraction of sp³-hybridized carbons (Fsp3) is 0.909. The standard InChI is InChI=1S/C11H21N3O2/c1-13-2-4-14(5-3-13)8-9-6-10(11(15)16)12-7-9/h9-10,12H,2-8H2,1H3,(H,15,16). The zero-order chi connectivity index (χ0) is 11.5. The van der Waals surface area contributed by atoms with Crippen LogP contribution in [0.3, 0.4) is 0 Å². The van der Waals surface area contributed by atoms with Crippen molar-refractivity contribution in [3.05, 3.63) is 0 Å². The van der Waals surface area contributed by atoms with Crippen LogP contribution in [-0.4, -0.2) is 73.2 Å². The van der Waals surface area contributed by atoms with Gasteiger partial charge in [0.15, 0.2) is 0 Å². The molecular weight excluding hydrogens is 206 g/mol. The summed E-state index contributed by atoms with van der Waals surface area (Å²) in [6, 6.07) is -0.322. The van der Waals surface area contributed by atoms with Crippen LogP contribution < -0.4 is 5.32 Å². The Morgan fingerprint density at radius 1 is 1.38 bits per heavy atom. The molecule has 0 aromatic rings. The molecule has 0 spiro atoms. The van der Waals surface area contributed by atoms with Crippen LogP contribution in [0, 0.1) is 5.92 Å². The molecule has 2 N–H and O–H groups in total. The van der Waals surface area contributed by atoms with Crippen LogP contribution in [-0.2, 0) is 4.79 Å². The van der Waals surface area contributed by atoms with Crippen molar-refractivity contribution < 1.29 is 9.90 Å². The molecule has 0 aromatic heterocycles. The average Bonchev–Trinajstić information content (AvgIpc) is 2.70. The van der Waals surface area contributed by atoms with Gasteiger partial charge in [-0.05, 0) is 19.4 Å². The Morgan fingerprint density at radius 2 is 2.06 bits per heavy atom. The van der Waals surface area contributed by atoms with Gasteiger partial charge in [-0.1, -0.05) is 0 Å². The summed E-state index contributed by atoms with van der Waals surface area (Å²) < 4.78 is 0. The van der Waals surface area contributed by atoms with Crippen molar-refractivity contribution in [1.29, 1.82) is 0 Å². The maximum Gasteiger partial charge on any atom is 0.320 e. The van der Waals surface area contributed by atoms with E-state index in [1.807, 2.05) is 0 Å². The Morgan fingerprint density at radius 3 is 2.62 bits per heavy atom. The van der Waals surface area contributed by atoms with E-state index in [1.54, 1.807) is 0 Å². The predicted octanol–water partition coefficient (Wildman–Crippen LogP) is -0.703. The molecular formula is C11H21N3O2. The molecule has 2 fully saturated rings. The van der Waals surface area contributed by atoms with Gasteiger partial charge in [-0.3, -0.25) is 4.79 Å². The molecule has 2 saturated heterocycles. The first kappa shape index (κ1) is 11.8. The van der Waals surface area contributed by atoms with Crippen molar-refractivity contribution in [1.82, 2.24) is 15.1 Å². The Kier molecular flexibility index (Phi) is 3.78. The quantitative estimate of drug-likeness (QED) is 0.667. The Bertz CT molecular complexity index is 252. The fourth-order valence-electron chi connectivity index (χ4n) is 2.53. The summed E-state index contributed by atoms with van der Waals surface area (Å²) in [5.41, 5.74) is 0. The van der Waals surface area contributed by atoms with Crippen LogP contribution in [0.2, 0.25) is 0 Å². The molecule has 5 nitrogen and oxygen atoms in total. The van der Waals surface area contributed by atoms with E-state index >= 15 is 0 Å². The first-order valence-corrected chi connectivity index (χ1v) is 6.02. The van der Waals surface area contributed by atoms with Gasteiger partial charge in [-0.2, -0.15) is 0 Å². The molecule has 16 heavy (non-hydrogen) atoms. The number of carbonyl (C=O) groups is 1. The molecule has 2 heterocycles. The molecule has 0 aromatic carbocycles. The Hall–Kier alpha value is -0.650. The first-order valence-electron chi connectivity index (χ1n) is 6.02. The Labute approximate surface area is 96.4 Å². The smallest absolute Gasteiger partial charge is 0.320 e. The summed E-state index contributed by atoms with van der Waals surface area (Å²) >= 11 is 0. The van der Waals surface area contributed by atoms with E-state index in [0.29, 0.717) is 5.92 Å². The van der Waals surface area contributed by atoms with Crippen molar-refractivity contribution in [3.63, 3.8) is 0 Å². The molecule has 2 rings (SSSR count). The van der Waals surface area contributed by atoms with Crippen LogP contribution in [0.25, 0.3) is 0 Å². The third-order valence-electron chi connectivity index (χ3n) is 3.63. The third kappa shape index (κ3) is 2.93. The van der Waals surface area contributed by atoms with Gasteiger partial charge in [-0.15, -0.1) is 0 Å². The van der Waals surface area contributed by atoms with Gasteiger partial charge in [0.05, 0.1) is 0 Å². The highest BCUT2D eigenvalue weighted by atomic mass is 16.4. The monoisotopic (exact) mass is 227 g/mol. The zero-order valence-corrected chi connectivity index (χ0v) is 9.85. The van der Waals surface area contributed by atoms with E-state index in [-0.39, 0.29) is 6.04 Å². The highest BCUT2D eigenvalue weighted by Crippen LogP contribution is 2.16. The molecule has 92 valence electrons. The maximum absolute atomic E-state index is 10.8. The molecule has 0 radical (unpaired) electrons. The van der Waals surface area contributed by atoms with Gasteiger partial charge >= 0.3 is 5.97 Å². The van der Waals surface area contributed by atoms with E-state index in [4.69, 9.17) is 5.11 Å². The first-order chi connectivity index (χ1) is 7.65. The lowest BCUT2D eigenvalue weighted by atomic mass is 10.0.